The average Bonchev–Trinajstić information content (AvgIpc) is 2.96. The highest BCUT2D eigenvalue weighted by atomic mass is 32.2. The molecular weight excluding hydrogens is 376 g/mol. The van der Waals surface area contributed by atoms with Gasteiger partial charge >= 0.3 is 0 Å². The number of piperidine rings is 1. The summed E-state index contributed by atoms with van der Waals surface area (Å²) in [5.74, 6) is 0.928. The number of pyridine rings is 1. The molecule has 0 saturated carbocycles. The lowest BCUT2D eigenvalue weighted by atomic mass is 10.0. The van der Waals surface area contributed by atoms with Gasteiger partial charge in [-0.1, -0.05) is 13.0 Å². The first kappa shape index (κ1) is 20.5. The zero-order valence-corrected chi connectivity index (χ0v) is 17.5. The molecule has 0 radical (unpaired) electrons. The van der Waals surface area contributed by atoms with Gasteiger partial charge in [-0.3, -0.25) is 4.79 Å². The maximum Gasteiger partial charge on any atom is 0.255 e. The molecule has 2 aromatic rings. The molecule has 0 aliphatic carbocycles. The number of aryl methyl sites for hydroxylation is 1. The van der Waals surface area contributed by atoms with Gasteiger partial charge in [0.15, 0.2) is 0 Å². The molecule has 0 bridgehead atoms. The fourth-order valence-corrected chi connectivity index (χ4v) is 5.17. The van der Waals surface area contributed by atoms with Crippen LogP contribution in [0.15, 0.2) is 30.5 Å². The zero-order valence-electron chi connectivity index (χ0n) is 16.7. The fraction of sp³-hybridized carbons (Fsp3) is 0.500. The van der Waals surface area contributed by atoms with Crippen LogP contribution < -0.4 is 4.72 Å². The summed E-state index contributed by atoms with van der Waals surface area (Å²) in [5.41, 5.74) is 2.50. The van der Waals surface area contributed by atoms with Gasteiger partial charge in [0.2, 0.25) is 10.0 Å². The molecule has 0 atom stereocenters. The van der Waals surface area contributed by atoms with Crippen molar-refractivity contribution in [3.05, 3.63) is 47.4 Å². The van der Waals surface area contributed by atoms with Crippen LogP contribution in [0, 0.1) is 13.8 Å². The second-order valence-corrected chi connectivity index (χ2v) is 9.18. The van der Waals surface area contributed by atoms with Crippen molar-refractivity contribution in [2.24, 2.45) is 0 Å². The van der Waals surface area contributed by atoms with Crippen molar-refractivity contribution in [2.75, 3.05) is 18.8 Å². The highest BCUT2D eigenvalue weighted by Crippen LogP contribution is 2.22. The molecule has 0 unspecified atom stereocenters. The van der Waals surface area contributed by atoms with Crippen LogP contribution in [0.25, 0.3) is 5.82 Å². The first-order chi connectivity index (χ1) is 13.3. The molecule has 1 fully saturated rings. The number of amides is 1. The van der Waals surface area contributed by atoms with E-state index in [1.165, 1.54) is 0 Å². The highest BCUT2D eigenvalue weighted by Gasteiger charge is 2.28. The van der Waals surface area contributed by atoms with Crippen LogP contribution >= 0.6 is 0 Å². The van der Waals surface area contributed by atoms with E-state index in [-0.39, 0.29) is 17.7 Å². The van der Waals surface area contributed by atoms with Gasteiger partial charge in [0.1, 0.15) is 5.82 Å². The van der Waals surface area contributed by atoms with Gasteiger partial charge in [0, 0.05) is 36.7 Å². The van der Waals surface area contributed by atoms with Crippen LogP contribution in [0.2, 0.25) is 0 Å². The minimum atomic E-state index is -3.22. The van der Waals surface area contributed by atoms with Gasteiger partial charge in [-0.2, -0.15) is 0 Å². The summed E-state index contributed by atoms with van der Waals surface area (Å²) >= 11 is 0. The summed E-state index contributed by atoms with van der Waals surface area (Å²) < 4.78 is 28.7. The number of rotatable bonds is 6. The van der Waals surface area contributed by atoms with Crippen molar-refractivity contribution in [1.82, 2.24) is 19.2 Å². The Morgan fingerprint density at radius 2 is 1.96 bits per heavy atom. The van der Waals surface area contributed by atoms with Gasteiger partial charge in [-0.25, -0.2) is 18.1 Å². The Balaban J connectivity index is 1.70. The second-order valence-electron chi connectivity index (χ2n) is 7.31. The first-order valence-corrected chi connectivity index (χ1v) is 11.4. The van der Waals surface area contributed by atoms with E-state index in [9.17, 15) is 13.2 Å². The van der Waals surface area contributed by atoms with E-state index in [0.717, 1.165) is 17.2 Å². The Labute approximate surface area is 166 Å². The van der Waals surface area contributed by atoms with Crippen molar-refractivity contribution >= 4 is 15.9 Å². The number of aromatic nitrogens is 2. The van der Waals surface area contributed by atoms with E-state index < -0.39 is 10.0 Å². The molecule has 1 aliphatic rings. The molecule has 1 saturated heterocycles. The van der Waals surface area contributed by atoms with Gasteiger partial charge in [0.25, 0.3) is 5.91 Å². The molecule has 8 heteroatoms. The molecule has 1 N–H and O–H groups in total. The van der Waals surface area contributed by atoms with Crippen molar-refractivity contribution in [3.63, 3.8) is 0 Å². The van der Waals surface area contributed by atoms with Crippen LogP contribution in [0.3, 0.4) is 0 Å². The van der Waals surface area contributed by atoms with E-state index in [0.29, 0.717) is 37.9 Å². The first-order valence-electron chi connectivity index (χ1n) is 9.72. The van der Waals surface area contributed by atoms with Crippen molar-refractivity contribution in [2.45, 2.75) is 46.1 Å². The Kier molecular flexibility index (Phi) is 6.20. The third-order valence-electron chi connectivity index (χ3n) is 5.14. The molecule has 152 valence electrons. The van der Waals surface area contributed by atoms with Crippen LogP contribution in [-0.2, 0) is 10.0 Å². The lowest BCUT2D eigenvalue weighted by molar-refractivity contribution is 0.0710. The predicted octanol–water partition coefficient (Wildman–Crippen LogP) is 2.42. The lowest BCUT2D eigenvalue weighted by Gasteiger charge is -2.32. The summed E-state index contributed by atoms with van der Waals surface area (Å²) in [7, 11) is -3.22. The van der Waals surface area contributed by atoms with E-state index >= 15 is 0 Å². The minimum Gasteiger partial charge on any atom is -0.338 e. The van der Waals surface area contributed by atoms with E-state index in [1.54, 1.807) is 6.20 Å². The van der Waals surface area contributed by atoms with E-state index in [1.807, 2.05) is 54.5 Å². The number of nitrogens with one attached hydrogen (secondary N) is 1. The number of nitrogens with zero attached hydrogens (tertiary/aromatic N) is 3. The van der Waals surface area contributed by atoms with Gasteiger partial charge < -0.3 is 9.47 Å². The molecule has 2 aromatic heterocycles. The molecule has 1 amide bonds. The summed E-state index contributed by atoms with van der Waals surface area (Å²) in [6.45, 7) is 6.84. The maximum atomic E-state index is 13.1. The summed E-state index contributed by atoms with van der Waals surface area (Å²) in [5, 5.41) is 0. The number of carbonyl (C=O) groups excluding carboxylic acids is 1. The Bertz CT molecular complexity index is 930. The van der Waals surface area contributed by atoms with Crippen molar-refractivity contribution in [1.29, 1.82) is 0 Å². The summed E-state index contributed by atoms with van der Waals surface area (Å²) in [6.07, 6.45) is 3.60. The van der Waals surface area contributed by atoms with Crippen LogP contribution in [0.1, 0.15) is 47.9 Å². The molecule has 0 spiro atoms. The third-order valence-corrected chi connectivity index (χ3v) is 6.78. The van der Waals surface area contributed by atoms with Gasteiger partial charge in [0.05, 0.1) is 11.3 Å². The molecule has 0 aromatic carbocycles. The molecule has 3 rings (SSSR count). The zero-order chi connectivity index (χ0) is 20.3. The molecule has 1 aliphatic heterocycles. The Hall–Kier alpha value is -2.19. The molecule has 3 heterocycles. The minimum absolute atomic E-state index is 0.00912. The number of likely N-dealkylation sites (tertiary alicyclic amines) is 1. The summed E-state index contributed by atoms with van der Waals surface area (Å²) in [4.78, 5) is 19.3. The normalized spacial score (nSPS) is 15.8. The summed E-state index contributed by atoms with van der Waals surface area (Å²) in [6, 6.07) is 7.52. The van der Waals surface area contributed by atoms with Gasteiger partial charge in [-0.15, -0.1) is 0 Å². The predicted molar refractivity (Wildman–Crippen MR) is 109 cm³/mol. The van der Waals surface area contributed by atoms with Crippen molar-refractivity contribution < 1.29 is 13.2 Å². The lowest BCUT2D eigenvalue weighted by Crippen LogP contribution is -2.47. The number of hydrogen-bond acceptors (Lipinski definition) is 4. The fourth-order valence-electron chi connectivity index (χ4n) is 3.77. The topological polar surface area (TPSA) is 84.3 Å². The quantitative estimate of drug-likeness (QED) is 0.801. The van der Waals surface area contributed by atoms with Crippen LogP contribution in [0.4, 0.5) is 0 Å². The number of carbonyl (C=O) groups is 1. The molecular formula is C20H28N4O3S. The monoisotopic (exact) mass is 404 g/mol. The highest BCUT2D eigenvalue weighted by molar-refractivity contribution is 7.89. The Morgan fingerprint density at radius 1 is 1.25 bits per heavy atom. The van der Waals surface area contributed by atoms with Crippen molar-refractivity contribution in [3.8, 4) is 5.82 Å². The Morgan fingerprint density at radius 3 is 2.57 bits per heavy atom. The third kappa shape index (κ3) is 4.44. The van der Waals surface area contributed by atoms with E-state index in [4.69, 9.17) is 0 Å². The van der Waals surface area contributed by atoms with Crippen LogP contribution in [-0.4, -0.2) is 53.7 Å². The molecule has 28 heavy (non-hydrogen) atoms. The second kappa shape index (κ2) is 8.45. The molecule has 7 nitrogen and oxygen atoms in total. The SMILES string of the molecule is CCCS(=O)(=O)NC1CCN(C(=O)c2cc(C)n(-c3ccccn3)c2C)CC1. The largest absolute Gasteiger partial charge is 0.338 e. The van der Waals surface area contributed by atoms with E-state index in [2.05, 4.69) is 9.71 Å². The van der Waals surface area contributed by atoms with Gasteiger partial charge in [-0.05, 0) is 51.3 Å². The number of sulfonamides is 1. The van der Waals surface area contributed by atoms with Crippen LogP contribution in [0.5, 0.6) is 0 Å². The average molecular weight is 405 g/mol. The number of hydrogen-bond donors (Lipinski definition) is 1. The maximum absolute atomic E-state index is 13.1. The smallest absolute Gasteiger partial charge is 0.255 e. The standard InChI is InChI=1S/C20H28N4O3S/c1-4-13-28(26,27)22-17-8-11-23(12-9-17)20(25)18-14-15(2)24(16(18)3)19-7-5-6-10-21-19/h5-7,10,14,17,22H,4,8-9,11-13H2,1-3H3.